The minimum absolute atomic E-state index is 0.0384. The monoisotopic (exact) mass is 520 g/mol. The maximum absolute atomic E-state index is 14.0. The van der Waals surface area contributed by atoms with Gasteiger partial charge in [0.15, 0.2) is 0 Å². The number of ketones is 1. The van der Waals surface area contributed by atoms with Crippen LogP contribution in [0.4, 0.5) is 4.39 Å². The van der Waals surface area contributed by atoms with Gasteiger partial charge < -0.3 is 9.80 Å². The number of rotatable bonds is 5. The number of hydrogen-bond acceptors (Lipinski definition) is 5. The Morgan fingerprint density at radius 2 is 1.63 bits per heavy atom. The number of benzene rings is 2. The molecule has 1 fully saturated rings. The highest BCUT2D eigenvalue weighted by Crippen LogP contribution is 2.30. The van der Waals surface area contributed by atoms with Crippen molar-refractivity contribution in [1.82, 2.24) is 19.3 Å². The first-order chi connectivity index (χ1) is 17.9. The molecule has 0 radical (unpaired) electrons. The molecule has 1 aliphatic rings. The topological polar surface area (TPSA) is 82.9 Å². The van der Waals surface area contributed by atoms with Gasteiger partial charge in [0.2, 0.25) is 11.7 Å². The van der Waals surface area contributed by atoms with Crippen LogP contribution in [0.1, 0.15) is 57.5 Å². The van der Waals surface area contributed by atoms with Gasteiger partial charge in [0.25, 0.3) is 11.8 Å². The average Bonchev–Trinajstić information content (AvgIpc) is 3.16. The quantitative estimate of drug-likeness (QED) is 0.378. The lowest BCUT2D eigenvalue weighted by molar-refractivity contribution is -0.124. The Balaban J connectivity index is 1.68. The number of carbonyl (C=O) groups excluding carboxylic acids is 4. The van der Waals surface area contributed by atoms with Gasteiger partial charge in [-0.2, -0.15) is 0 Å². The molecule has 0 aliphatic carbocycles. The fourth-order valence-corrected chi connectivity index (χ4v) is 5.23. The SMILES string of the molecule is CC(=O)n1c(C)c(C(=O)N2CC(C)N(Cc3ccc(F)cc3)CC2C)c2cc(C(=O)C(=O)N(C)C)ccc21. The molecule has 4 rings (SSSR count). The van der Waals surface area contributed by atoms with Crippen molar-refractivity contribution in [2.45, 2.75) is 46.3 Å². The molecule has 38 heavy (non-hydrogen) atoms. The zero-order valence-corrected chi connectivity index (χ0v) is 22.6. The second kappa shape index (κ2) is 10.5. The molecule has 200 valence electrons. The Labute approximate surface area is 221 Å². The lowest BCUT2D eigenvalue weighted by atomic mass is 10.0. The van der Waals surface area contributed by atoms with Crippen molar-refractivity contribution in [3.63, 3.8) is 0 Å². The molecule has 9 heteroatoms. The van der Waals surface area contributed by atoms with E-state index in [-0.39, 0.29) is 35.3 Å². The van der Waals surface area contributed by atoms with Gasteiger partial charge in [0.1, 0.15) is 5.82 Å². The van der Waals surface area contributed by atoms with E-state index in [1.807, 2.05) is 13.8 Å². The van der Waals surface area contributed by atoms with E-state index in [1.165, 1.54) is 54.8 Å². The lowest BCUT2D eigenvalue weighted by Gasteiger charge is -2.44. The van der Waals surface area contributed by atoms with Gasteiger partial charge in [-0.15, -0.1) is 0 Å². The molecule has 2 aromatic carbocycles. The molecule has 2 atom stereocenters. The first kappa shape index (κ1) is 27.2. The van der Waals surface area contributed by atoms with Crippen LogP contribution in [0.3, 0.4) is 0 Å². The fraction of sp³-hybridized carbons (Fsp3) is 0.379. The molecule has 2 amide bonds. The highest BCUT2D eigenvalue weighted by molar-refractivity contribution is 6.43. The van der Waals surface area contributed by atoms with Crippen LogP contribution in [0, 0.1) is 12.7 Å². The summed E-state index contributed by atoms with van der Waals surface area (Å²) in [6.07, 6.45) is 0. The molecule has 0 spiro atoms. The van der Waals surface area contributed by atoms with Crippen LogP contribution in [-0.4, -0.2) is 82.0 Å². The van der Waals surface area contributed by atoms with Crippen molar-refractivity contribution < 1.29 is 23.6 Å². The Morgan fingerprint density at radius 1 is 0.974 bits per heavy atom. The summed E-state index contributed by atoms with van der Waals surface area (Å²) in [5.74, 6) is -2.10. The number of piperazine rings is 1. The molecule has 0 N–H and O–H groups in total. The van der Waals surface area contributed by atoms with E-state index in [2.05, 4.69) is 4.90 Å². The van der Waals surface area contributed by atoms with E-state index >= 15 is 0 Å². The molecule has 1 aromatic heterocycles. The summed E-state index contributed by atoms with van der Waals surface area (Å²) >= 11 is 0. The maximum Gasteiger partial charge on any atom is 0.294 e. The number of Topliss-reactive ketones (excluding diaryl/α,β-unsaturated/α-hetero) is 1. The van der Waals surface area contributed by atoms with Crippen LogP contribution >= 0.6 is 0 Å². The normalized spacial score (nSPS) is 18.0. The summed E-state index contributed by atoms with van der Waals surface area (Å²) in [5.41, 5.74) is 2.53. The molecular formula is C29H33FN4O4. The smallest absolute Gasteiger partial charge is 0.294 e. The second-order valence-corrected chi connectivity index (χ2v) is 10.3. The van der Waals surface area contributed by atoms with Crippen LogP contribution in [0.25, 0.3) is 10.9 Å². The van der Waals surface area contributed by atoms with Crippen molar-refractivity contribution in [3.8, 4) is 0 Å². The molecule has 0 bridgehead atoms. The number of likely N-dealkylation sites (N-methyl/N-ethyl adjacent to an activating group) is 1. The van der Waals surface area contributed by atoms with Crippen molar-refractivity contribution in [3.05, 3.63) is 70.7 Å². The third-order valence-corrected chi connectivity index (χ3v) is 7.27. The standard InChI is InChI=1S/C29H33FN4O4/c1-17-15-33(18(2)14-32(17)16-21-7-10-23(30)11-8-21)28(37)26-19(3)34(20(4)35)25-12-9-22(13-24(25)26)27(36)29(38)31(5)6/h7-13,17-18H,14-16H2,1-6H3. The van der Waals surface area contributed by atoms with Gasteiger partial charge in [0.05, 0.1) is 11.1 Å². The summed E-state index contributed by atoms with van der Waals surface area (Å²) in [5, 5.41) is 0.466. The summed E-state index contributed by atoms with van der Waals surface area (Å²) in [6.45, 7) is 8.90. The minimum Gasteiger partial charge on any atom is -0.342 e. The van der Waals surface area contributed by atoms with Gasteiger partial charge in [-0.25, -0.2) is 4.39 Å². The Hall–Kier alpha value is -3.85. The highest BCUT2D eigenvalue weighted by Gasteiger charge is 2.35. The number of halogens is 1. The number of aromatic nitrogens is 1. The van der Waals surface area contributed by atoms with E-state index in [9.17, 15) is 23.6 Å². The lowest BCUT2D eigenvalue weighted by Crippen LogP contribution is -2.57. The van der Waals surface area contributed by atoms with Crippen LogP contribution in [0.2, 0.25) is 0 Å². The number of carbonyl (C=O) groups is 4. The fourth-order valence-electron chi connectivity index (χ4n) is 5.23. The van der Waals surface area contributed by atoms with E-state index in [4.69, 9.17) is 0 Å². The minimum atomic E-state index is -0.681. The molecule has 2 unspecified atom stereocenters. The zero-order chi connectivity index (χ0) is 27.9. The summed E-state index contributed by atoms with van der Waals surface area (Å²) in [7, 11) is 3.00. The third-order valence-electron chi connectivity index (χ3n) is 7.27. The first-order valence-corrected chi connectivity index (χ1v) is 12.6. The van der Waals surface area contributed by atoms with Gasteiger partial charge in [-0.05, 0) is 56.7 Å². The Morgan fingerprint density at radius 3 is 2.24 bits per heavy atom. The van der Waals surface area contributed by atoms with Crippen LogP contribution in [-0.2, 0) is 11.3 Å². The Bertz CT molecular complexity index is 1430. The number of nitrogens with zero attached hydrogens (tertiary/aromatic N) is 4. The van der Waals surface area contributed by atoms with Crippen molar-refractivity contribution in [2.75, 3.05) is 27.2 Å². The molecule has 0 saturated carbocycles. The van der Waals surface area contributed by atoms with E-state index in [1.54, 1.807) is 30.0 Å². The number of fused-ring (bicyclic) bond motifs is 1. The summed E-state index contributed by atoms with van der Waals surface area (Å²) in [6, 6.07) is 11.0. The number of hydrogen-bond donors (Lipinski definition) is 0. The van der Waals surface area contributed by atoms with E-state index in [0.717, 1.165) is 5.56 Å². The average molecular weight is 521 g/mol. The number of amides is 2. The molecule has 1 aliphatic heterocycles. The highest BCUT2D eigenvalue weighted by atomic mass is 19.1. The van der Waals surface area contributed by atoms with Gasteiger partial charge in [-0.3, -0.25) is 28.6 Å². The van der Waals surface area contributed by atoms with Crippen molar-refractivity contribution in [1.29, 1.82) is 0 Å². The maximum atomic E-state index is 14.0. The van der Waals surface area contributed by atoms with Crippen LogP contribution < -0.4 is 0 Å². The van der Waals surface area contributed by atoms with Crippen LogP contribution in [0.15, 0.2) is 42.5 Å². The zero-order valence-electron chi connectivity index (χ0n) is 22.6. The van der Waals surface area contributed by atoms with Crippen molar-refractivity contribution in [2.24, 2.45) is 0 Å². The molecule has 8 nitrogen and oxygen atoms in total. The predicted octanol–water partition coefficient (Wildman–Crippen LogP) is 3.75. The van der Waals surface area contributed by atoms with Gasteiger partial charge >= 0.3 is 0 Å². The molecule has 3 aromatic rings. The summed E-state index contributed by atoms with van der Waals surface area (Å²) in [4.78, 5) is 56.9. The first-order valence-electron chi connectivity index (χ1n) is 12.6. The molecular weight excluding hydrogens is 487 g/mol. The van der Waals surface area contributed by atoms with E-state index in [0.29, 0.717) is 41.8 Å². The van der Waals surface area contributed by atoms with E-state index < -0.39 is 11.7 Å². The van der Waals surface area contributed by atoms with Crippen LogP contribution in [0.5, 0.6) is 0 Å². The third kappa shape index (κ3) is 4.98. The van der Waals surface area contributed by atoms with Crippen molar-refractivity contribution >= 4 is 34.4 Å². The van der Waals surface area contributed by atoms with Gasteiger partial charge in [-0.1, -0.05) is 12.1 Å². The Kier molecular flexibility index (Phi) is 7.51. The second-order valence-electron chi connectivity index (χ2n) is 10.3. The summed E-state index contributed by atoms with van der Waals surface area (Å²) < 4.78 is 14.8. The van der Waals surface area contributed by atoms with Gasteiger partial charge in [0, 0.05) is 69.4 Å². The molecule has 2 heterocycles. The predicted molar refractivity (Wildman–Crippen MR) is 143 cm³/mol. The molecule has 1 saturated heterocycles. The largest absolute Gasteiger partial charge is 0.342 e.